The highest BCUT2D eigenvalue weighted by molar-refractivity contribution is 5.93. The van der Waals surface area contributed by atoms with Crippen molar-refractivity contribution >= 4 is 11.7 Å². The van der Waals surface area contributed by atoms with Crippen LogP contribution in [0.15, 0.2) is 42.6 Å². The minimum atomic E-state index is -0.321. The van der Waals surface area contributed by atoms with Gasteiger partial charge in [0.15, 0.2) is 0 Å². The number of carbonyl (C=O) groups is 1. The number of aromatic nitrogens is 1. The van der Waals surface area contributed by atoms with E-state index >= 15 is 0 Å². The lowest BCUT2D eigenvalue weighted by molar-refractivity contribution is 0.0827. The number of pyridine rings is 1. The van der Waals surface area contributed by atoms with Crippen LogP contribution in [0.1, 0.15) is 23.7 Å². The Morgan fingerprint density at radius 1 is 1.33 bits per heavy atom. The number of anilines is 1. The molecule has 6 heteroatoms. The van der Waals surface area contributed by atoms with E-state index in [0.29, 0.717) is 23.7 Å². The third-order valence-electron chi connectivity index (χ3n) is 3.48. The van der Waals surface area contributed by atoms with E-state index < -0.39 is 0 Å². The van der Waals surface area contributed by atoms with Crippen molar-refractivity contribution in [1.29, 1.82) is 0 Å². The molecule has 0 aliphatic carbocycles. The molecular formula is C18H22FN3O2. The number of hydrogen-bond donors (Lipinski definition) is 1. The molecule has 1 aromatic heterocycles. The number of hydrogen-bond acceptors (Lipinski definition) is 4. The predicted molar refractivity (Wildman–Crippen MR) is 91.9 cm³/mol. The van der Waals surface area contributed by atoms with Crippen molar-refractivity contribution < 1.29 is 13.9 Å². The molecule has 0 spiro atoms. The lowest BCUT2D eigenvalue weighted by Gasteiger charge is -2.18. The molecule has 1 amide bonds. The summed E-state index contributed by atoms with van der Waals surface area (Å²) >= 11 is 0. The number of benzene rings is 1. The Kier molecular flexibility index (Phi) is 6.12. The van der Waals surface area contributed by atoms with Crippen molar-refractivity contribution in [2.24, 2.45) is 0 Å². The van der Waals surface area contributed by atoms with Crippen LogP contribution in [-0.2, 0) is 0 Å². The maximum Gasteiger partial charge on any atom is 0.254 e. The number of nitrogens with one attached hydrogen (secondary N) is 1. The van der Waals surface area contributed by atoms with Gasteiger partial charge in [0.25, 0.3) is 5.91 Å². The third-order valence-corrected chi connectivity index (χ3v) is 3.48. The molecule has 5 nitrogen and oxygen atoms in total. The Morgan fingerprint density at radius 3 is 2.71 bits per heavy atom. The molecule has 1 atom stereocenters. The van der Waals surface area contributed by atoms with Gasteiger partial charge in [0, 0.05) is 26.4 Å². The quantitative estimate of drug-likeness (QED) is 0.846. The number of ether oxygens (including phenoxy) is 1. The number of carbonyl (C=O) groups excluding carboxylic acids is 1. The van der Waals surface area contributed by atoms with Crippen molar-refractivity contribution in [3.05, 3.63) is 54.0 Å². The van der Waals surface area contributed by atoms with Gasteiger partial charge >= 0.3 is 0 Å². The predicted octanol–water partition coefficient (Wildman–Crippen LogP) is 3.19. The molecular weight excluding hydrogens is 309 g/mol. The molecule has 1 heterocycles. The van der Waals surface area contributed by atoms with Gasteiger partial charge in [-0.15, -0.1) is 0 Å². The Hall–Kier alpha value is -2.63. The average Bonchev–Trinajstić information content (AvgIpc) is 2.58. The van der Waals surface area contributed by atoms with Crippen molar-refractivity contribution in [2.45, 2.75) is 19.4 Å². The van der Waals surface area contributed by atoms with Crippen LogP contribution in [0.5, 0.6) is 5.75 Å². The molecule has 2 rings (SSSR count). The number of halogens is 1. The Morgan fingerprint density at radius 2 is 2.12 bits per heavy atom. The Labute approximate surface area is 141 Å². The molecule has 0 saturated heterocycles. The number of amides is 1. The molecule has 0 bridgehead atoms. The van der Waals surface area contributed by atoms with Crippen molar-refractivity contribution in [2.75, 3.05) is 26.0 Å². The van der Waals surface area contributed by atoms with Gasteiger partial charge in [-0.3, -0.25) is 4.79 Å². The van der Waals surface area contributed by atoms with E-state index in [1.54, 1.807) is 44.6 Å². The van der Waals surface area contributed by atoms with Crippen molar-refractivity contribution in [3.63, 3.8) is 0 Å². The molecule has 0 fully saturated rings. The highest BCUT2D eigenvalue weighted by Gasteiger charge is 2.11. The largest absolute Gasteiger partial charge is 0.489 e. The Bertz CT molecular complexity index is 674. The van der Waals surface area contributed by atoms with E-state index in [2.05, 4.69) is 10.3 Å². The van der Waals surface area contributed by atoms with E-state index in [1.807, 2.05) is 6.92 Å². The topological polar surface area (TPSA) is 54.5 Å². The Balaban J connectivity index is 1.92. The molecule has 1 unspecified atom stereocenters. The van der Waals surface area contributed by atoms with Gasteiger partial charge in [-0.25, -0.2) is 9.37 Å². The second-order valence-corrected chi connectivity index (χ2v) is 5.62. The summed E-state index contributed by atoms with van der Waals surface area (Å²) in [5, 5.41) is 3.17. The van der Waals surface area contributed by atoms with E-state index in [4.69, 9.17) is 4.74 Å². The molecule has 2 aromatic rings. The first-order chi connectivity index (χ1) is 11.5. The maximum absolute atomic E-state index is 13.2. The fourth-order valence-corrected chi connectivity index (χ4v) is 2.10. The smallest absolute Gasteiger partial charge is 0.254 e. The van der Waals surface area contributed by atoms with Crippen molar-refractivity contribution in [1.82, 2.24) is 9.88 Å². The normalized spacial score (nSPS) is 11.7. The van der Waals surface area contributed by atoms with Gasteiger partial charge in [-0.2, -0.15) is 0 Å². The van der Waals surface area contributed by atoms with E-state index in [0.717, 1.165) is 6.42 Å². The van der Waals surface area contributed by atoms with Crippen LogP contribution < -0.4 is 10.1 Å². The maximum atomic E-state index is 13.2. The summed E-state index contributed by atoms with van der Waals surface area (Å²) in [4.78, 5) is 17.6. The summed E-state index contributed by atoms with van der Waals surface area (Å²) in [6.07, 6.45) is 2.19. The standard InChI is InChI=1S/C18H22FN3O2/c1-4-15(24-16-7-5-6-14(19)10-16)12-21-17-9-8-13(11-20-17)18(23)22(2)3/h5-11,15H,4,12H2,1-3H3,(H,20,21). The highest BCUT2D eigenvalue weighted by Crippen LogP contribution is 2.15. The molecule has 24 heavy (non-hydrogen) atoms. The van der Waals surface area contributed by atoms with Gasteiger partial charge < -0.3 is 15.0 Å². The summed E-state index contributed by atoms with van der Waals surface area (Å²) in [6, 6.07) is 9.57. The van der Waals surface area contributed by atoms with E-state index in [1.165, 1.54) is 17.0 Å². The van der Waals surface area contributed by atoms with Crippen LogP contribution >= 0.6 is 0 Å². The summed E-state index contributed by atoms with van der Waals surface area (Å²) in [7, 11) is 3.40. The minimum absolute atomic E-state index is 0.0880. The fraction of sp³-hybridized carbons (Fsp3) is 0.333. The average molecular weight is 331 g/mol. The zero-order valence-electron chi connectivity index (χ0n) is 14.1. The lowest BCUT2D eigenvalue weighted by Crippen LogP contribution is -2.26. The van der Waals surface area contributed by atoms with Crippen LogP contribution in [0.2, 0.25) is 0 Å². The summed E-state index contributed by atoms with van der Waals surface area (Å²) < 4.78 is 19.0. The number of nitrogens with zero attached hydrogens (tertiary/aromatic N) is 2. The molecule has 0 aliphatic rings. The van der Waals surface area contributed by atoms with E-state index in [9.17, 15) is 9.18 Å². The second-order valence-electron chi connectivity index (χ2n) is 5.62. The molecule has 0 radical (unpaired) electrons. The monoisotopic (exact) mass is 331 g/mol. The second kappa shape index (κ2) is 8.29. The third kappa shape index (κ3) is 4.94. The van der Waals surface area contributed by atoms with Gasteiger partial charge in [0.1, 0.15) is 23.5 Å². The SMILES string of the molecule is CCC(CNc1ccc(C(=O)N(C)C)cn1)Oc1cccc(F)c1. The first-order valence-electron chi connectivity index (χ1n) is 7.83. The molecule has 128 valence electrons. The highest BCUT2D eigenvalue weighted by atomic mass is 19.1. The zero-order chi connectivity index (χ0) is 17.5. The lowest BCUT2D eigenvalue weighted by atomic mass is 10.2. The molecule has 1 N–H and O–H groups in total. The van der Waals surface area contributed by atoms with Crippen LogP contribution in [0.3, 0.4) is 0 Å². The van der Waals surface area contributed by atoms with Crippen LogP contribution in [0.25, 0.3) is 0 Å². The molecule has 0 aliphatic heterocycles. The summed E-state index contributed by atoms with van der Waals surface area (Å²) in [6.45, 7) is 2.53. The van der Waals surface area contributed by atoms with Gasteiger partial charge in [-0.05, 0) is 30.7 Å². The van der Waals surface area contributed by atoms with Crippen LogP contribution in [0, 0.1) is 5.82 Å². The summed E-state index contributed by atoms with van der Waals surface area (Å²) in [5.74, 6) is 0.753. The molecule has 1 aromatic carbocycles. The van der Waals surface area contributed by atoms with Gasteiger partial charge in [0.05, 0.1) is 12.1 Å². The van der Waals surface area contributed by atoms with Gasteiger partial charge in [0.2, 0.25) is 0 Å². The van der Waals surface area contributed by atoms with Crippen LogP contribution in [0.4, 0.5) is 10.2 Å². The van der Waals surface area contributed by atoms with Crippen molar-refractivity contribution in [3.8, 4) is 5.75 Å². The van der Waals surface area contributed by atoms with Gasteiger partial charge in [-0.1, -0.05) is 13.0 Å². The van der Waals surface area contributed by atoms with E-state index in [-0.39, 0.29) is 17.8 Å². The first kappa shape index (κ1) is 17.7. The molecule has 0 saturated carbocycles. The first-order valence-corrected chi connectivity index (χ1v) is 7.83. The minimum Gasteiger partial charge on any atom is -0.489 e. The number of rotatable bonds is 7. The van der Waals surface area contributed by atoms with Crippen LogP contribution in [-0.4, -0.2) is 42.5 Å². The fourth-order valence-electron chi connectivity index (χ4n) is 2.10. The summed E-state index contributed by atoms with van der Waals surface area (Å²) in [5.41, 5.74) is 0.536. The zero-order valence-corrected chi connectivity index (χ0v) is 14.1.